The Labute approximate surface area is 115 Å². The van der Waals surface area contributed by atoms with E-state index in [0.717, 1.165) is 13.1 Å². The van der Waals surface area contributed by atoms with Gasteiger partial charge in [-0.05, 0) is 25.1 Å². The lowest BCUT2D eigenvalue weighted by Gasteiger charge is -2.18. The average molecular weight is 291 g/mol. The van der Waals surface area contributed by atoms with Gasteiger partial charge in [-0.3, -0.25) is 0 Å². The van der Waals surface area contributed by atoms with Crippen LogP contribution >= 0.6 is 12.4 Å². The van der Waals surface area contributed by atoms with Gasteiger partial charge in [-0.1, -0.05) is 30.3 Å². The minimum atomic E-state index is -3.13. The van der Waals surface area contributed by atoms with Crippen molar-refractivity contribution in [2.75, 3.05) is 25.9 Å². The van der Waals surface area contributed by atoms with Gasteiger partial charge in [-0.2, -0.15) is 0 Å². The quantitative estimate of drug-likeness (QED) is 0.868. The van der Waals surface area contributed by atoms with Crippen molar-refractivity contribution >= 4 is 22.4 Å². The van der Waals surface area contributed by atoms with Gasteiger partial charge in [0.25, 0.3) is 0 Å². The summed E-state index contributed by atoms with van der Waals surface area (Å²) in [5, 5.41) is 3.28. The van der Waals surface area contributed by atoms with Crippen molar-refractivity contribution in [2.45, 2.75) is 5.92 Å². The minimum Gasteiger partial charge on any atom is -0.316 e. The fourth-order valence-corrected chi connectivity index (χ4v) is 3.44. The maximum atomic E-state index is 11.6. The van der Waals surface area contributed by atoms with E-state index in [0.29, 0.717) is 5.92 Å². The van der Waals surface area contributed by atoms with E-state index < -0.39 is 10.0 Å². The standard InChI is InChI=1S/C12H18N2O2S.ClH/c1-13-17(15,16)9-11-7-14-8-12(11)10-5-3-2-4-6-10;/h2-6,11-14H,7-9H2,1H3;1H. The Morgan fingerprint density at radius 2 is 1.94 bits per heavy atom. The Kier molecular flexibility index (Phi) is 5.59. The SMILES string of the molecule is CNS(=O)(=O)CC1CNCC1c1ccccc1.Cl. The fraction of sp³-hybridized carbons (Fsp3) is 0.500. The molecule has 0 saturated carbocycles. The lowest BCUT2D eigenvalue weighted by molar-refractivity contribution is 0.537. The summed E-state index contributed by atoms with van der Waals surface area (Å²) in [6.07, 6.45) is 0. The lowest BCUT2D eigenvalue weighted by atomic mass is 9.90. The normalized spacial score (nSPS) is 23.6. The largest absolute Gasteiger partial charge is 0.316 e. The summed E-state index contributed by atoms with van der Waals surface area (Å²) in [6, 6.07) is 10.1. The van der Waals surface area contributed by atoms with Crippen molar-refractivity contribution in [3.05, 3.63) is 35.9 Å². The van der Waals surface area contributed by atoms with Crippen LogP contribution in [0.2, 0.25) is 0 Å². The molecule has 4 nitrogen and oxygen atoms in total. The van der Waals surface area contributed by atoms with Gasteiger partial charge in [0.1, 0.15) is 0 Å². The van der Waals surface area contributed by atoms with Crippen LogP contribution in [0.3, 0.4) is 0 Å². The summed E-state index contributed by atoms with van der Waals surface area (Å²) >= 11 is 0. The fourth-order valence-electron chi connectivity index (χ4n) is 2.36. The molecule has 2 N–H and O–H groups in total. The minimum absolute atomic E-state index is 0. The van der Waals surface area contributed by atoms with E-state index in [-0.39, 0.29) is 24.1 Å². The molecule has 0 radical (unpaired) electrons. The number of rotatable bonds is 4. The molecule has 18 heavy (non-hydrogen) atoms. The number of halogens is 1. The van der Waals surface area contributed by atoms with E-state index in [1.165, 1.54) is 12.6 Å². The van der Waals surface area contributed by atoms with Crippen molar-refractivity contribution in [3.63, 3.8) is 0 Å². The Balaban J connectivity index is 0.00000162. The van der Waals surface area contributed by atoms with Crippen LogP contribution in [0.25, 0.3) is 0 Å². The second-order valence-electron chi connectivity index (χ2n) is 4.42. The highest BCUT2D eigenvalue weighted by Gasteiger charge is 2.31. The second-order valence-corrected chi connectivity index (χ2v) is 6.39. The molecule has 6 heteroatoms. The van der Waals surface area contributed by atoms with E-state index in [1.54, 1.807) is 0 Å². The summed E-state index contributed by atoms with van der Waals surface area (Å²) in [5.74, 6) is 0.630. The molecule has 0 aliphatic carbocycles. The van der Waals surface area contributed by atoms with Crippen LogP contribution in [-0.4, -0.2) is 34.3 Å². The van der Waals surface area contributed by atoms with Gasteiger partial charge in [0.15, 0.2) is 0 Å². The van der Waals surface area contributed by atoms with E-state index in [4.69, 9.17) is 0 Å². The van der Waals surface area contributed by atoms with Crippen LogP contribution in [0.4, 0.5) is 0 Å². The molecule has 102 valence electrons. The zero-order valence-electron chi connectivity index (χ0n) is 10.3. The van der Waals surface area contributed by atoms with Gasteiger partial charge in [0.05, 0.1) is 5.75 Å². The summed E-state index contributed by atoms with van der Waals surface area (Å²) in [6.45, 7) is 1.62. The van der Waals surface area contributed by atoms with Crippen LogP contribution in [0.1, 0.15) is 11.5 Å². The molecule has 2 atom stereocenters. The van der Waals surface area contributed by atoms with Gasteiger partial charge in [-0.15, -0.1) is 12.4 Å². The second kappa shape index (κ2) is 6.52. The first-order valence-corrected chi connectivity index (χ1v) is 7.44. The first-order valence-electron chi connectivity index (χ1n) is 5.79. The Hall–Kier alpha value is -0.620. The number of hydrogen-bond donors (Lipinski definition) is 2. The van der Waals surface area contributed by atoms with Crippen LogP contribution in [0.5, 0.6) is 0 Å². The highest BCUT2D eigenvalue weighted by molar-refractivity contribution is 7.89. The molecule has 1 fully saturated rings. The molecular formula is C12H19ClN2O2S. The summed E-state index contributed by atoms with van der Waals surface area (Å²) < 4.78 is 25.6. The monoisotopic (exact) mass is 290 g/mol. The maximum Gasteiger partial charge on any atom is 0.211 e. The van der Waals surface area contributed by atoms with Crippen molar-refractivity contribution in [2.24, 2.45) is 5.92 Å². The van der Waals surface area contributed by atoms with Gasteiger partial charge in [0.2, 0.25) is 10.0 Å². The zero-order chi connectivity index (χ0) is 12.3. The molecule has 0 aromatic heterocycles. The van der Waals surface area contributed by atoms with Gasteiger partial charge >= 0.3 is 0 Å². The molecule has 2 rings (SSSR count). The number of nitrogens with one attached hydrogen (secondary N) is 2. The number of sulfonamides is 1. The molecule has 1 aliphatic rings. The van der Waals surface area contributed by atoms with Crippen molar-refractivity contribution in [1.82, 2.24) is 10.0 Å². The molecular weight excluding hydrogens is 272 g/mol. The van der Waals surface area contributed by atoms with Crippen LogP contribution in [0, 0.1) is 5.92 Å². The molecule has 1 saturated heterocycles. The predicted molar refractivity (Wildman–Crippen MR) is 75.6 cm³/mol. The van der Waals surface area contributed by atoms with E-state index in [2.05, 4.69) is 22.2 Å². The third-order valence-corrected chi connectivity index (χ3v) is 4.80. The molecule has 0 amide bonds. The van der Waals surface area contributed by atoms with Crippen molar-refractivity contribution < 1.29 is 8.42 Å². The van der Waals surface area contributed by atoms with Gasteiger partial charge in [-0.25, -0.2) is 13.1 Å². The van der Waals surface area contributed by atoms with Crippen molar-refractivity contribution in [3.8, 4) is 0 Å². The molecule has 2 unspecified atom stereocenters. The van der Waals surface area contributed by atoms with Gasteiger partial charge < -0.3 is 5.32 Å². The molecule has 1 aromatic carbocycles. The maximum absolute atomic E-state index is 11.6. The van der Waals surface area contributed by atoms with Crippen LogP contribution in [-0.2, 0) is 10.0 Å². The zero-order valence-corrected chi connectivity index (χ0v) is 11.9. The Morgan fingerprint density at radius 3 is 2.56 bits per heavy atom. The molecule has 0 spiro atoms. The lowest BCUT2D eigenvalue weighted by Crippen LogP contribution is -2.29. The Morgan fingerprint density at radius 1 is 1.28 bits per heavy atom. The predicted octanol–water partition coefficient (Wildman–Crippen LogP) is 0.961. The highest BCUT2D eigenvalue weighted by Crippen LogP contribution is 2.28. The third-order valence-electron chi connectivity index (χ3n) is 3.31. The number of benzene rings is 1. The molecule has 1 heterocycles. The van der Waals surface area contributed by atoms with Crippen LogP contribution in [0.15, 0.2) is 30.3 Å². The number of hydrogen-bond acceptors (Lipinski definition) is 3. The summed E-state index contributed by atoms with van der Waals surface area (Å²) in [7, 11) is -1.67. The topological polar surface area (TPSA) is 58.2 Å². The smallest absolute Gasteiger partial charge is 0.211 e. The van der Waals surface area contributed by atoms with Crippen molar-refractivity contribution in [1.29, 1.82) is 0 Å². The average Bonchev–Trinajstić information content (AvgIpc) is 2.77. The van der Waals surface area contributed by atoms with Crippen LogP contribution < -0.4 is 10.0 Å². The van der Waals surface area contributed by atoms with Gasteiger partial charge in [0, 0.05) is 12.5 Å². The first-order chi connectivity index (χ1) is 8.12. The summed E-state index contributed by atoms with van der Waals surface area (Å²) in [4.78, 5) is 0. The highest BCUT2D eigenvalue weighted by atomic mass is 35.5. The van der Waals surface area contributed by atoms with E-state index >= 15 is 0 Å². The molecule has 1 aromatic rings. The molecule has 0 bridgehead atoms. The third kappa shape index (κ3) is 3.68. The molecule has 1 aliphatic heterocycles. The van der Waals surface area contributed by atoms with E-state index in [9.17, 15) is 8.42 Å². The first kappa shape index (κ1) is 15.4. The van der Waals surface area contributed by atoms with E-state index in [1.807, 2.05) is 18.2 Å². The summed E-state index contributed by atoms with van der Waals surface area (Å²) in [5.41, 5.74) is 1.22. The Bertz CT molecular complexity index is 464.